The van der Waals surface area contributed by atoms with Crippen LogP contribution in [0.5, 0.6) is 0 Å². The molecule has 3 rings (SSSR count). The van der Waals surface area contributed by atoms with Gasteiger partial charge in [-0.1, -0.05) is 32.1 Å². The molecule has 1 aliphatic rings. The Labute approximate surface area is 158 Å². The highest BCUT2D eigenvalue weighted by Gasteiger charge is 2.34. The Morgan fingerprint density at radius 1 is 1.40 bits per heavy atom. The maximum atomic E-state index is 12.6. The van der Waals surface area contributed by atoms with Gasteiger partial charge in [-0.3, -0.25) is 9.48 Å². The SMILES string of the molecule is Cl.Cn1cc([C@H]2CNC[C@@H]2C(=O)NCc2nnc(C(C)(C)C)s2)cn1. The van der Waals surface area contributed by atoms with Crippen molar-refractivity contribution in [3.63, 3.8) is 0 Å². The van der Waals surface area contributed by atoms with Crippen LogP contribution in [-0.4, -0.2) is 39.0 Å². The second-order valence-electron chi connectivity index (χ2n) is 7.29. The molecular formula is C16H25ClN6OS. The van der Waals surface area contributed by atoms with Crippen LogP contribution in [-0.2, 0) is 23.8 Å². The first-order chi connectivity index (χ1) is 11.3. The molecule has 25 heavy (non-hydrogen) atoms. The van der Waals surface area contributed by atoms with E-state index in [1.807, 2.05) is 19.4 Å². The first-order valence-electron chi connectivity index (χ1n) is 8.14. The number of hydrogen-bond acceptors (Lipinski definition) is 6. The molecule has 1 fully saturated rings. The number of carbonyl (C=O) groups excluding carboxylic acids is 1. The summed E-state index contributed by atoms with van der Waals surface area (Å²) in [6.45, 7) is 8.25. The number of aromatic nitrogens is 4. The maximum Gasteiger partial charge on any atom is 0.225 e. The lowest BCUT2D eigenvalue weighted by molar-refractivity contribution is -0.125. The van der Waals surface area contributed by atoms with Crippen LogP contribution in [0.3, 0.4) is 0 Å². The average Bonchev–Trinajstić information content (AvgIpc) is 3.23. The Kier molecular flexibility index (Phi) is 6.18. The molecule has 0 unspecified atom stereocenters. The third kappa shape index (κ3) is 4.56. The molecule has 3 heterocycles. The monoisotopic (exact) mass is 384 g/mol. The summed E-state index contributed by atoms with van der Waals surface area (Å²) in [5.41, 5.74) is 1.09. The Balaban J connectivity index is 0.00000225. The highest BCUT2D eigenvalue weighted by molar-refractivity contribution is 7.11. The molecule has 0 aliphatic carbocycles. The smallest absolute Gasteiger partial charge is 0.225 e. The van der Waals surface area contributed by atoms with E-state index in [9.17, 15) is 4.79 Å². The number of nitrogens with zero attached hydrogens (tertiary/aromatic N) is 4. The second-order valence-corrected chi connectivity index (χ2v) is 8.35. The molecule has 2 aromatic rings. The van der Waals surface area contributed by atoms with E-state index in [1.165, 1.54) is 0 Å². The van der Waals surface area contributed by atoms with Crippen molar-refractivity contribution in [2.24, 2.45) is 13.0 Å². The van der Waals surface area contributed by atoms with Gasteiger partial charge in [-0.2, -0.15) is 5.10 Å². The fourth-order valence-electron chi connectivity index (χ4n) is 2.86. The molecule has 1 amide bonds. The van der Waals surface area contributed by atoms with E-state index in [0.29, 0.717) is 13.1 Å². The lowest BCUT2D eigenvalue weighted by atomic mass is 9.90. The Bertz CT molecular complexity index is 722. The number of carbonyl (C=O) groups is 1. The summed E-state index contributed by atoms with van der Waals surface area (Å²) in [4.78, 5) is 12.6. The van der Waals surface area contributed by atoms with E-state index in [0.717, 1.165) is 22.1 Å². The van der Waals surface area contributed by atoms with Crippen molar-refractivity contribution in [2.75, 3.05) is 13.1 Å². The van der Waals surface area contributed by atoms with Crippen LogP contribution in [0.25, 0.3) is 0 Å². The van der Waals surface area contributed by atoms with Crippen molar-refractivity contribution in [3.8, 4) is 0 Å². The molecule has 0 saturated carbocycles. The molecule has 1 aliphatic heterocycles. The minimum Gasteiger partial charge on any atom is -0.349 e. The van der Waals surface area contributed by atoms with Gasteiger partial charge in [0.2, 0.25) is 5.91 Å². The largest absolute Gasteiger partial charge is 0.349 e. The van der Waals surface area contributed by atoms with E-state index < -0.39 is 0 Å². The zero-order valence-corrected chi connectivity index (χ0v) is 16.6. The topological polar surface area (TPSA) is 84.7 Å². The van der Waals surface area contributed by atoms with Crippen LogP contribution in [0.4, 0.5) is 0 Å². The van der Waals surface area contributed by atoms with Crippen LogP contribution in [0.1, 0.15) is 42.3 Å². The Morgan fingerprint density at radius 2 is 2.16 bits per heavy atom. The molecule has 0 aromatic carbocycles. The number of rotatable bonds is 4. The Hall–Kier alpha value is -1.51. The number of aryl methyl sites for hydroxylation is 1. The van der Waals surface area contributed by atoms with Gasteiger partial charge in [-0.25, -0.2) is 0 Å². The van der Waals surface area contributed by atoms with Crippen LogP contribution in [0, 0.1) is 5.92 Å². The molecule has 2 atom stereocenters. The van der Waals surface area contributed by atoms with Gasteiger partial charge < -0.3 is 10.6 Å². The van der Waals surface area contributed by atoms with Crippen LogP contribution >= 0.6 is 23.7 Å². The molecule has 2 N–H and O–H groups in total. The number of nitrogens with one attached hydrogen (secondary N) is 2. The minimum absolute atomic E-state index is 0. The standard InChI is InChI=1S/C16H24N6OS.ClH/c1-16(2,3)15-21-20-13(24-15)8-18-14(23)12-7-17-6-11(12)10-5-19-22(4)9-10;/h5,9,11-12,17H,6-8H2,1-4H3,(H,18,23);1H/t11-,12+;/m1./s1. The molecule has 9 heteroatoms. The summed E-state index contributed by atoms with van der Waals surface area (Å²) in [7, 11) is 1.89. The van der Waals surface area contributed by atoms with Gasteiger partial charge in [0.05, 0.1) is 18.7 Å². The number of hydrogen-bond donors (Lipinski definition) is 2. The molecule has 0 bridgehead atoms. The van der Waals surface area contributed by atoms with Crippen molar-refractivity contribution in [1.82, 2.24) is 30.6 Å². The van der Waals surface area contributed by atoms with Crippen LogP contribution in [0.2, 0.25) is 0 Å². The zero-order valence-electron chi connectivity index (χ0n) is 14.9. The molecule has 7 nitrogen and oxygen atoms in total. The van der Waals surface area contributed by atoms with Gasteiger partial charge in [-0.15, -0.1) is 22.6 Å². The van der Waals surface area contributed by atoms with Crippen LogP contribution in [0.15, 0.2) is 12.4 Å². The minimum atomic E-state index is -0.0794. The summed E-state index contributed by atoms with van der Waals surface area (Å²) < 4.78 is 1.78. The summed E-state index contributed by atoms with van der Waals surface area (Å²) >= 11 is 1.56. The van der Waals surface area contributed by atoms with E-state index in [-0.39, 0.29) is 35.6 Å². The fourth-order valence-corrected chi connectivity index (χ4v) is 3.70. The lowest BCUT2D eigenvalue weighted by Gasteiger charge is -2.16. The third-order valence-corrected chi connectivity index (χ3v) is 5.58. The van der Waals surface area contributed by atoms with Gasteiger partial charge in [0.25, 0.3) is 0 Å². The molecule has 0 spiro atoms. The highest BCUT2D eigenvalue weighted by Crippen LogP contribution is 2.28. The number of amides is 1. The predicted octanol–water partition coefficient (Wildman–Crippen LogP) is 1.61. The van der Waals surface area contributed by atoms with Crippen LogP contribution < -0.4 is 10.6 Å². The highest BCUT2D eigenvalue weighted by atomic mass is 35.5. The van der Waals surface area contributed by atoms with Crippen molar-refractivity contribution in [2.45, 2.75) is 38.6 Å². The predicted molar refractivity (Wildman–Crippen MR) is 100 cm³/mol. The zero-order chi connectivity index (χ0) is 17.3. The van der Waals surface area contributed by atoms with Crippen molar-refractivity contribution < 1.29 is 4.79 Å². The molecule has 138 valence electrons. The summed E-state index contributed by atoms with van der Waals surface area (Å²) in [5, 5.41) is 20.8. The quantitative estimate of drug-likeness (QED) is 0.836. The number of halogens is 1. The van der Waals surface area contributed by atoms with E-state index >= 15 is 0 Å². The first kappa shape index (κ1) is 19.8. The maximum absolute atomic E-state index is 12.6. The Morgan fingerprint density at radius 3 is 2.76 bits per heavy atom. The van der Waals surface area contributed by atoms with Gasteiger partial charge in [0, 0.05) is 37.7 Å². The van der Waals surface area contributed by atoms with Crippen molar-refractivity contribution in [1.29, 1.82) is 0 Å². The van der Waals surface area contributed by atoms with Crippen molar-refractivity contribution >= 4 is 29.7 Å². The van der Waals surface area contributed by atoms with Gasteiger partial charge >= 0.3 is 0 Å². The van der Waals surface area contributed by atoms with E-state index in [1.54, 1.807) is 16.0 Å². The van der Waals surface area contributed by atoms with Gasteiger partial charge in [0.1, 0.15) is 10.0 Å². The van der Waals surface area contributed by atoms with Gasteiger partial charge in [-0.05, 0) is 5.56 Å². The second kappa shape index (κ2) is 7.80. The molecule has 1 saturated heterocycles. The van der Waals surface area contributed by atoms with Crippen molar-refractivity contribution in [3.05, 3.63) is 28.0 Å². The lowest BCUT2D eigenvalue weighted by Crippen LogP contribution is -2.33. The summed E-state index contributed by atoms with van der Waals surface area (Å²) in [6.07, 6.45) is 3.83. The fraction of sp³-hybridized carbons (Fsp3) is 0.625. The first-order valence-corrected chi connectivity index (χ1v) is 8.96. The summed E-state index contributed by atoms with van der Waals surface area (Å²) in [5.74, 6) is 0.142. The molecule has 0 radical (unpaired) electrons. The normalized spacial score (nSPS) is 20.3. The molecule has 2 aromatic heterocycles. The van der Waals surface area contributed by atoms with Gasteiger partial charge in [0.15, 0.2) is 0 Å². The molecular weight excluding hydrogens is 360 g/mol. The van der Waals surface area contributed by atoms with E-state index in [2.05, 4.69) is 46.7 Å². The van der Waals surface area contributed by atoms with E-state index in [4.69, 9.17) is 0 Å². The third-order valence-electron chi connectivity index (χ3n) is 4.23. The average molecular weight is 385 g/mol. The summed E-state index contributed by atoms with van der Waals surface area (Å²) in [6, 6.07) is 0.